The highest BCUT2D eigenvalue weighted by Crippen LogP contribution is 2.16. The topological polar surface area (TPSA) is 85.8 Å². The van der Waals surface area contributed by atoms with E-state index in [1.165, 1.54) is 26.9 Å². The van der Waals surface area contributed by atoms with Crippen LogP contribution in [0.5, 0.6) is 0 Å². The van der Waals surface area contributed by atoms with E-state index in [4.69, 9.17) is 5.11 Å². The largest absolute Gasteiger partial charge is 0.384 e. The normalized spacial score (nSPS) is 10.6. The van der Waals surface area contributed by atoms with Crippen molar-refractivity contribution in [3.8, 4) is 11.8 Å². The minimum atomic E-state index is -0.234. The number of aliphatic hydroxyl groups excluding tert-OH is 1. The molecule has 0 aliphatic rings. The SMILES string of the molecule is Cn1ncc2c(=O)n(Cc3sccc3C#CCO)nnc21. The smallest absolute Gasteiger partial charge is 0.281 e. The van der Waals surface area contributed by atoms with E-state index in [1.54, 1.807) is 7.05 Å². The molecule has 0 amide bonds. The van der Waals surface area contributed by atoms with Crippen molar-refractivity contribution in [3.05, 3.63) is 38.4 Å². The summed E-state index contributed by atoms with van der Waals surface area (Å²) in [6, 6.07) is 1.85. The van der Waals surface area contributed by atoms with Crippen molar-refractivity contribution < 1.29 is 5.11 Å². The highest BCUT2D eigenvalue weighted by molar-refractivity contribution is 7.10. The van der Waals surface area contributed by atoms with E-state index in [2.05, 4.69) is 27.3 Å². The van der Waals surface area contributed by atoms with E-state index >= 15 is 0 Å². The van der Waals surface area contributed by atoms with Gasteiger partial charge >= 0.3 is 0 Å². The Bertz CT molecular complexity index is 912. The Balaban J connectivity index is 2.01. The van der Waals surface area contributed by atoms with Gasteiger partial charge in [-0.15, -0.1) is 16.4 Å². The molecule has 3 aromatic heterocycles. The standard InChI is InChI=1S/C13H11N5O2S/c1-17-12-10(7-14-17)13(20)18(16-15-12)8-11-9(3-2-5-19)4-6-21-11/h4,6-7,19H,5,8H2,1H3. The van der Waals surface area contributed by atoms with Crippen LogP contribution >= 0.6 is 11.3 Å². The zero-order valence-electron chi connectivity index (χ0n) is 11.1. The van der Waals surface area contributed by atoms with E-state index in [0.717, 1.165) is 10.4 Å². The van der Waals surface area contributed by atoms with Crippen molar-refractivity contribution in [2.75, 3.05) is 6.61 Å². The fourth-order valence-electron chi connectivity index (χ4n) is 1.93. The lowest BCUT2D eigenvalue weighted by Crippen LogP contribution is -2.24. The van der Waals surface area contributed by atoms with Gasteiger partial charge in [0.05, 0.1) is 12.7 Å². The first-order valence-electron chi connectivity index (χ1n) is 6.12. The second-order valence-electron chi connectivity index (χ2n) is 4.28. The van der Waals surface area contributed by atoms with E-state index in [9.17, 15) is 4.79 Å². The Hall–Kier alpha value is -2.50. The average molecular weight is 301 g/mol. The first-order chi connectivity index (χ1) is 10.2. The number of hydrogen-bond acceptors (Lipinski definition) is 6. The Morgan fingerprint density at radius 3 is 3.14 bits per heavy atom. The van der Waals surface area contributed by atoms with Crippen LogP contribution in [0, 0.1) is 11.8 Å². The van der Waals surface area contributed by atoms with Crippen LogP contribution in [-0.2, 0) is 13.6 Å². The second-order valence-corrected chi connectivity index (χ2v) is 5.28. The zero-order chi connectivity index (χ0) is 14.8. The van der Waals surface area contributed by atoms with Gasteiger partial charge in [0.2, 0.25) is 0 Å². The molecule has 0 unspecified atom stereocenters. The number of rotatable bonds is 2. The number of hydrogen-bond donors (Lipinski definition) is 1. The Morgan fingerprint density at radius 1 is 1.48 bits per heavy atom. The molecule has 0 aliphatic heterocycles. The van der Waals surface area contributed by atoms with E-state index in [-0.39, 0.29) is 12.2 Å². The fraction of sp³-hybridized carbons (Fsp3) is 0.231. The lowest BCUT2D eigenvalue weighted by molar-refractivity contribution is 0.350. The Labute approximate surface area is 123 Å². The van der Waals surface area contributed by atoms with Crippen molar-refractivity contribution >= 4 is 22.4 Å². The third-order valence-corrected chi connectivity index (χ3v) is 3.87. The maximum Gasteiger partial charge on any atom is 0.281 e. The molecule has 0 bridgehead atoms. The van der Waals surface area contributed by atoms with Crippen LogP contribution in [-0.4, -0.2) is 36.5 Å². The molecule has 0 fully saturated rings. The van der Waals surface area contributed by atoms with Crippen LogP contribution < -0.4 is 5.56 Å². The highest BCUT2D eigenvalue weighted by Gasteiger charge is 2.11. The number of fused-ring (bicyclic) bond motifs is 1. The lowest BCUT2D eigenvalue weighted by atomic mass is 10.2. The summed E-state index contributed by atoms with van der Waals surface area (Å²) in [6.07, 6.45) is 1.49. The van der Waals surface area contributed by atoms with Gasteiger partial charge in [0.15, 0.2) is 5.65 Å². The molecule has 0 spiro atoms. The fourth-order valence-corrected chi connectivity index (χ4v) is 2.74. The maximum atomic E-state index is 12.3. The summed E-state index contributed by atoms with van der Waals surface area (Å²) in [4.78, 5) is 13.2. The summed E-state index contributed by atoms with van der Waals surface area (Å²) in [5.41, 5.74) is 1.01. The third-order valence-electron chi connectivity index (χ3n) is 2.96. The van der Waals surface area contributed by atoms with Gasteiger partial charge in [0.25, 0.3) is 5.56 Å². The molecule has 0 saturated heterocycles. The number of thiophene rings is 1. The van der Waals surface area contributed by atoms with Gasteiger partial charge in [-0.05, 0) is 11.4 Å². The van der Waals surface area contributed by atoms with Gasteiger partial charge in [0.1, 0.15) is 12.0 Å². The summed E-state index contributed by atoms with van der Waals surface area (Å²) in [7, 11) is 1.71. The molecule has 0 atom stereocenters. The monoisotopic (exact) mass is 301 g/mol. The van der Waals surface area contributed by atoms with Gasteiger partial charge in [-0.2, -0.15) is 5.10 Å². The molecule has 0 radical (unpaired) electrons. The maximum absolute atomic E-state index is 12.3. The molecule has 8 heteroatoms. The van der Waals surface area contributed by atoms with Gasteiger partial charge in [-0.3, -0.25) is 4.79 Å². The molecule has 7 nitrogen and oxygen atoms in total. The predicted molar refractivity (Wildman–Crippen MR) is 77.9 cm³/mol. The van der Waals surface area contributed by atoms with Crippen LogP contribution in [0.2, 0.25) is 0 Å². The Kier molecular flexibility index (Phi) is 3.51. The molecule has 0 saturated carbocycles. The van der Waals surface area contributed by atoms with Crippen molar-refractivity contribution in [1.82, 2.24) is 24.8 Å². The summed E-state index contributed by atoms with van der Waals surface area (Å²) >= 11 is 1.48. The quantitative estimate of drug-likeness (QED) is 0.672. The summed E-state index contributed by atoms with van der Waals surface area (Å²) in [5, 5.41) is 23.0. The molecule has 0 aromatic carbocycles. The summed E-state index contributed by atoms with van der Waals surface area (Å²) in [5.74, 6) is 5.45. The Morgan fingerprint density at radius 2 is 2.33 bits per heavy atom. The minimum absolute atomic E-state index is 0.198. The van der Waals surface area contributed by atoms with E-state index in [1.807, 2.05) is 11.4 Å². The zero-order valence-corrected chi connectivity index (χ0v) is 12.0. The molecule has 3 heterocycles. The van der Waals surface area contributed by atoms with Crippen molar-refractivity contribution in [2.45, 2.75) is 6.54 Å². The minimum Gasteiger partial charge on any atom is -0.384 e. The number of aryl methyl sites for hydroxylation is 1. The lowest BCUT2D eigenvalue weighted by Gasteiger charge is -2.02. The molecular weight excluding hydrogens is 290 g/mol. The number of aliphatic hydroxyl groups is 1. The van der Waals surface area contributed by atoms with Crippen molar-refractivity contribution in [1.29, 1.82) is 0 Å². The number of aromatic nitrogens is 5. The van der Waals surface area contributed by atoms with E-state index in [0.29, 0.717) is 17.6 Å². The molecular formula is C13H11N5O2S. The van der Waals surface area contributed by atoms with Crippen LogP contribution in [0.3, 0.4) is 0 Å². The second kappa shape index (κ2) is 5.47. The highest BCUT2D eigenvalue weighted by atomic mass is 32.1. The van der Waals surface area contributed by atoms with Gasteiger partial charge < -0.3 is 5.11 Å². The molecule has 1 N–H and O–H groups in total. The molecule has 3 rings (SSSR count). The first-order valence-corrected chi connectivity index (χ1v) is 7.00. The van der Waals surface area contributed by atoms with Crippen LogP contribution in [0.25, 0.3) is 11.0 Å². The molecule has 21 heavy (non-hydrogen) atoms. The van der Waals surface area contributed by atoms with Crippen molar-refractivity contribution in [3.63, 3.8) is 0 Å². The van der Waals surface area contributed by atoms with Crippen LogP contribution in [0.15, 0.2) is 22.4 Å². The summed E-state index contributed by atoms with van der Waals surface area (Å²) in [6.45, 7) is 0.0977. The summed E-state index contributed by atoms with van der Waals surface area (Å²) < 4.78 is 2.80. The van der Waals surface area contributed by atoms with Crippen molar-refractivity contribution in [2.24, 2.45) is 7.05 Å². The predicted octanol–water partition coefficient (Wildman–Crippen LogP) is -0.0214. The number of nitrogens with zero attached hydrogens (tertiary/aromatic N) is 5. The van der Waals surface area contributed by atoms with Gasteiger partial charge in [-0.25, -0.2) is 9.36 Å². The van der Waals surface area contributed by atoms with Gasteiger partial charge in [-0.1, -0.05) is 17.1 Å². The molecule has 3 aromatic rings. The van der Waals surface area contributed by atoms with Gasteiger partial charge in [0, 0.05) is 17.5 Å². The van der Waals surface area contributed by atoms with Crippen LogP contribution in [0.4, 0.5) is 0 Å². The first kappa shape index (κ1) is 13.5. The average Bonchev–Trinajstić information content (AvgIpc) is 3.07. The van der Waals surface area contributed by atoms with Crippen LogP contribution in [0.1, 0.15) is 10.4 Å². The molecule has 0 aliphatic carbocycles. The molecule has 106 valence electrons. The third kappa shape index (κ3) is 2.44. The van der Waals surface area contributed by atoms with E-state index < -0.39 is 0 Å².